The second kappa shape index (κ2) is 3.78. The highest BCUT2D eigenvalue weighted by Gasteiger charge is 2.59. The second-order valence-corrected chi connectivity index (χ2v) is 5.68. The zero-order valence-corrected chi connectivity index (χ0v) is 10.3. The van der Waals surface area contributed by atoms with Gasteiger partial charge in [-0.1, -0.05) is 34.6 Å². The largest absolute Gasteiger partial charge is 0.465 e. The molecule has 0 aliphatic heterocycles. The van der Waals surface area contributed by atoms with Crippen LogP contribution >= 0.6 is 0 Å². The van der Waals surface area contributed by atoms with Crippen LogP contribution in [0.2, 0.25) is 0 Å². The van der Waals surface area contributed by atoms with Crippen molar-refractivity contribution in [1.82, 2.24) is 0 Å². The minimum atomic E-state index is -0.649. The van der Waals surface area contributed by atoms with Crippen molar-refractivity contribution in [2.45, 2.75) is 46.6 Å². The Bertz CT molecular complexity index is 258. The molecular weight excluding hydrogens is 192 g/mol. The first kappa shape index (κ1) is 12.5. The molecule has 0 aromatic carbocycles. The van der Waals surface area contributed by atoms with Gasteiger partial charge >= 0.3 is 5.97 Å². The fraction of sp³-hybridized carbons (Fsp3) is 0.917. The maximum absolute atomic E-state index is 11.3. The normalized spacial score (nSPS) is 30.5. The molecule has 0 amide bonds. The summed E-state index contributed by atoms with van der Waals surface area (Å²) in [4.78, 5) is 11.3. The van der Waals surface area contributed by atoms with E-state index in [0.29, 0.717) is 12.5 Å². The Morgan fingerprint density at radius 1 is 1.60 bits per heavy atom. The molecule has 1 aliphatic carbocycles. The van der Waals surface area contributed by atoms with Gasteiger partial charge in [0, 0.05) is 5.41 Å². The lowest BCUT2D eigenvalue weighted by Crippen LogP contribution is -2.38. The number of aliphatic hydroxyl groups is 1. The summed E-state index contributed by atoms with van der Waals surface area (Å²) in [6, 6.07) is 0. The Morgan fingerprint density at radius 3 is 2.40 bits per heavy atom. The Hall–Kier alpha value is -0.570. The van der Waals surface area contributed by atoms with Crippen molar-refractivity contribution in [3.05, 3.63) is 0 Å². The summed E-state index contributed by atoms with van der Waals surface area (Å²) < 4.78 is 5.18. The minimum Gasteiger partial charge on any atom is -0.465 e. The van der Waals surface area contributed by atoms with Gasteiger partial charge in [-0.3, -0.25) is 4.79 Å². The third kappa shape index (κ3) is 2.33. The molecule has 0 radical (unpaired) electrons. The van der Waals surface area contributed by atoms with Crippen LogP contribution in [0.25, 0.3) is 0 Å². The molecule has 2 unspecified atom stereocenters. The predicted molar refractivity (Wildman–Crippen MR) is 58.3 cm³/mol. The van der Waals surface area contributed by atoms with Crippen molar-refractivity contribution in [2.75, 3.05) is 6.61 Å². The average molecular weight is 214 g/mol. The summed E-state index contributed by atoms with van der Waals surface area (Å²) in [6.45, 7) is 9.83. The average Bonchev–Trinajstić information content (AvgIpc) is 2.72. The molecule has 3 nitrogen and oxygen atoms in total. The third-order valence-electron chi connectivity index (χ3n) is 3.49. The lowest BCUT2D eigenvalue weighted by molar-refractivity contribution is -0.154. The highest BCUT2D eigenvalue weighted by atomic mass is 16.5. The first-order chi connectivity index (χ1) is 6.71. The molecule has 0 saturated heterocycles. The van der Waals surface area contributed by atoms with Gasteiger partial charge in [-0.2, -0.15) is 0 Å². The summed E-state index contributed by atoms with van der Waals surface area (Å²) in [6.07, 6.45) is 0.805. The van der Waals surface area contributed by atoms with E-state index in [1.54, 1.807) is 0 Å². The number of ether oxygens (including phenoxy) is 1. The predicted octanol–water partition coefficient (Wildman–Crippen LogP) is 1.98. The van der Waals surface area contributed by atoms with Crippen molar-refractivity contribution in [3.63, 3.8) is 0 Å². The topological polar surface area (TPSA) is 46.5 Å². The molecule has 0 heterocycles. The molecule has 0 aromatic rings. The molecule has 15 heavy (non-hydrogen) atoms. The van der Waals surface area contributed by atoms with Gasteiger partial charge in [0.15, 0.2) is 0 Å². The standard InChI is InChI=1S/C12H22O3/c1-8(2)10(13)15-7-11(4,5)12(14)6-9(12)3/h8-9,14H,6-7H2,1-5H3. The van der Waals surface area contributed by atoms with Crippen LogP contribution < -0.4 is 0 Å². The Kier molecular flexibility index (Phi) is 3.15. The van der Waals surface area contributed by atoms with Gasteiger partial charge in [0.2, 0.25) is 0 Å². The van der Waals surface area contributed by atoms with E-state index in [9.17, 15) is 9.90 Å². The van der Waals surface area contributed by atoms with E-state index in [0.717, 1.165) is 6.42 Å². The quantitative estimate of drug-likeness (QED) is 0.728. The molecule has 0 aromatic heterocycles. The highest BCUT2D eigenvalue weighted by molar-refractivity contribution is 5.71. The third-order valence-corrected chi connectivity index (χ3v) is 3.49. The van der Waals surface area contributed by atoms with Crippen molar-refractivity contribution < 1.29 is 14.6 Å². The van der Waals surface area contributed by atoms with E-state index in [4.69, 9.17) is 4.74 Å². The van der Waals surface area contributed by atoms with Crippen LogP contribution in [0.5, 0.6) is 0 Å². The molecule has 3 heteroatoms. The van der Waals surface area contributed by atoms with Crippen LogP contribution in [0.1, 0.15) is 41.0 Å². The lowest BCUT2D eigenvalue weighted by Gasteiger charge is -2.31. The number of hydrogen-bond acceptors (Lipinski definition) is 3. The van der Waals surface area contributed by atoms with E-state index in [-0.39, 0.29) is 17.3 Å². The summed E-state index contributed by atoms with van der Waals surface area (Å²) in [5, 5.41) is 10.2. The minimum absolute atomic E-state index is 0.105. The van der Waals surface area contributed by atoms with Gasteiger partial charge in [0.25, 0.3) is 0 Å². The molecule has 1 saturated carbocycles. The molecule has 1 rings (SSSR count). The molecule has 2 atom stereocenters. The first-order valence-corrected chi connectivity index (χ1v) is 5.60. The molecule has 0 bridgehead atoms. The van der Waals surface area contributed by atoms with Crippen LogP contribution in [0.3, 0.4) is 0 Å². The summed E-state index contributed by atoms with van der Waals surface area (Å²) in [5.74, 6) is 0.0114. The van der Waals surface area contributed by atoms with Gasteiger partial charge in [-0.15, -0.1) is 0 Å². The van der Waals surface area contributed by atoms with Crippen LogP contribution in [-0.4, -0.2) is 23.3 Å². The zero-order valence-electron chi connectivity index (χ0n) is 10.3. The Balaban J connectivity index is 2.48. The van der Waals surface area contributed by atoms with E-state index in [2.05, 4.69) is 0 Å². The molecule has 0 spiro atoms. The molecule has 88 valence electrons. The van der Waals surface area contributed by atoms with Crippen LogP contribution in [0.4, 0.5) is 0 Å². The number of hydrogen-bond donors (Lipinski definition) is 1. The molecule has 1 fully saturated rings. The number of carbonyl (C=O) groups excluding carboxylic acids is 1. The van der Waals surface area contributed by atoms with E-state index in [1.807, 2.05) is 34.6 Å². The van der Waals surface area contributed by atoms with Crippen molar-refractivity contribution in [3.8, 4) is 0 Å². The van der Waals surface area contributed by atoms with Gasteiger partial charge in [0.05, 0.1) is 18.1 Å². The summed E-state index contributed by atoms with van der Waals surface area (Å²) in [7, 11) is 0. The van der Waals surface area contributed by atoms with Gasteiger partial charge in [-0.05, 0) is 12.3 Å². The van der Waals surface area contributed by atoms with Crippen LogP contribution in [0, 0.1) is 17.3 Å². The van der Waals surface area contributed by atoms with Gasteiger partial charge in [0.1, 0.15) is 0 Å². The molecular formula is C12H22O3. The van der Waals surface area contributed by atoms with Crippen LogP contribution in [-0.2, 0) is 9.53 Å². The number of esters is 1. The van der Waals surface area contributed by atoms with Gasteiger partial charge < -0.3 is 9.84 Å². The molecule has 1 N–H and O–H groups in total. The van der Waals surface area contributed by atoms with Crippen molar-refractivity contribution in [1.29, 1.82) is 0 Å². The smallest absolute Gasteiger partial charge is 0.308 e. The molecule has 1 aliphatic rings. The number of rotatable bonds is 4. The second-order valence-electron chi connectivity index (χ2n) is 5.68. The summed E-state index contributed by atoms with van der Waals surface area (Å²) in [5.41, 5.74) is -0.999. The lowest BCUT2D eigenvalue weighted by atomic mass is 9.84. The van der Waals surface area contributed by atoms with E-state index in [1.165, 1.54) is 0 Å². The Morgan fingerprint density at radius 2 is 2.07 bits per heavy atom. The van der Waals surface area contributed by atoms with Crippen LogP contribution in [0.15, 0.2) is 0 Å². The zero-order chi connectivity index (χ0) is 11.9. The fourth-order valence-corrected chi connectivity index (χ4v) is 1.89. The number of carbonyl (C=O) groups is 1. The highest BCUT2D eigenvalue weighted by Crippen LogP contribution is 2.54. The van der Waals surface area contributed by atoms with E-state index >= 15 is 0 Å². The maximum Gasteiger partial charge on any atom is 0.308 e. The summed E-state index contributed by atoms with van der Waals surface area (Å²) >= 11 is 0. The van der Waals surface area contributed by atoms with E-state index < -0.39 is 5.60 Å². The monoisotopic (exact) mass is 214 g/mol. The fourth-order valence-electron chi connectivity index (χ4n) is 1.89. The first-order valence-electron chi connectivity index (χ1n) is 5.60. The van der Waals surface area contributed by atoms with Crippen molar-refractivity contribution >= 4 is 5.97 Å². The van der Waals surface area contributed by atoms with Gasteiger partial charge in [-0.25, -0.2) is 0 Å². The Labute approximate surface area is 91.8 Å². The maximum atomic E-state index is 11.3. The van der Waals surface area contributed by atoms with Crippen molar-refractivity contribution in [2.24, 2.45) is 17.3 Å². The SMILES string of the molecule is CC(C)C(=O)OCC(C)(C)C1(O)CC1C.